The molecule has 3 heteroatoms. The number of nitrogens with one attached hydrogen (secondary N) is 1. The van der Waals surface area contributed by atoms with E-state index in [1.54, 1.807) is 10.4 Å². The predicted molar refractivity (Wildman–Crippen MR) is 71.6 cm³/mol. The largest absolute Gasteiger partial charge is 0.378 e. The zero-order chi connectivity index (χ0) is 11.5. The normalized spacial score (nSPS) is 23.2. The first-order valence-corrected chi connectivity index (χ1v) is 7.66. The molecule has 17 heavy (non-hydrogen) atoms. The molecule has 2 nitrogen and oxygen atoms in total. The van der Waals surface area contributed by atoms with E-state index in [-0.39, 0.29) is 0 Å². The molecule has 94 valence electrons. The first-order valence-electron chi connectivity index (χ1n) is 6.84. The summed E-state index contributed by atoms with van der Waals surface area (Å²) in [5.41, 5.74) is 1.62. The van der Waals surface area contributed by atoms with E-state index >= 15 is 0 Å². The van der Waals surface area contributed by atoms with Gasteiger partial charge in [-0.2, -0.15) is 0 Å². The smallest absolute Gasteiger partial charge is 0.0588 e. The van der Waals surface area contributed by atoms with Gasteiger partial charge < -0.3 is 10.1 Å². The van der Waals surface area contributed by atoms with Gasteiger partial charge in [0.25, 0.3) is 0 Å². The van der Waals surface area contributed by atoms with Crippen molar-refractivity contribution in [3.63, 3.8) is 0 Å². The minimum atomic E-state index is 0.524. The Kier molecular flexibility index (Phi) is 3.79. The fourth-order valence-corrected chi connectivity index (χ4v) is 4.05. The summed E-state index contributed by atoms with van der Waals surface area (Å²) in [5, 5.41) is 3.55. The molecular weight excluding hydrogens is 230 g/mol. The van der Waals surface area contributed by atoms with Crippen LogP contribution in [0.4, 0.5) is 0 Å². The number of aryl methyl sites for hydroxylation is 2. The summed E-state index contributed by atoms with van der Waals surface area (Å²) < 4.78 is 5.62. The molecule has 2 aliphatic rings. The number of hydrogen-bond donors (Lipinski definition) is 1. The second-order valence-electron chi connectivity index (χ2n) is 5.12. The Morgan fingerprint density at radius 2 is 2.35 bits per heavy atom. The summed E-state index contributed by atoms with van der Waals surface area (Å²) in [7, 11) is 0. The van der Waals surface area contributed by atoms with E-state index in [0.29, 0.717) is 6.10 Å². The van der Waals surface area contributed by atoms with Crippen molar-refractivity contribution in [3.05, 3.63) is 21.4 Å². The lowest BCUT2D eigenvalue weighted by atomic mass is 10.2. The topological polar surface area (TPSA) is 21.3 Å². The molecule has 1 aliphatic heterocycles. The van der Waals surface area contributed by atoms with Gasteiger partial charge in [-0.05, 0) is 56.7 Å². The highest BCUT2D eigenvalue weighted by Crippen LogP contribution is 2.30. The van der Waals surface area contributed by atoms with Crippen LogP contribution in [0.1, 0.15) is 41.0 Å². The monoisotopic (exact) mass is 251 g/mol. The minimum Gasteiger partial charge on any atom is -0.378 e. The minimum absolute atomic E-state index is 0.524. The van der Waals surface area contributed by atoms with Crippen LogP contribution in [0.15, 0.2) is 6.07 Å². The highest BCUT2D eigenvalue weighted by Gasteiger charge is 2.16. The van der Waals surface area contributed by atoms with E-state index in [1.165, 1.54) is 43.4 Å². The van der Waals surface area contributed by atoms with Crippen molar-refractivity contribution in [1.82, 2.24) is 5.32 Å². The second kappa shape index (κ2) is 5.51. The van der Waals surface area contributed by atoms with Crippen molar-refractivity contribution in [2.75, 3.05) is 13.2 Å². The molecule has 1 fully saturated rings. The summed E-state index contributed by atoms with van der Waals surface area (Å²) >= 11 is 2.01. The average Bonchev–Trinajstić information content (AvgIpc) is 3.00. The lowest BCUT2D eigenvalue weighted by Gasteiger charge is -2.09. The Labute approximate surface area is 107 Å². The van der Waals surface area contributed by atoms with Gasteiger partial charge in [-0.1, -0.05) is 0 Å². The van der Waals surface area contributed by atoms with Crippen LogP contribution in [0.5, 0.6) is 0 Å². The van der Waals surface area contributed by atoms with Gasteiger partial charge in [0.15, 0.2) is 0 Å². The highest BCUT2D eigenvalue weighted by atomic mass is 32.1. The molecule has 1 aromatic rings. The molecule has 0 radical (unpaired) electrons. The summed E-state index contributed by atoms with van der Waals surface area (Å²) in [5.74, 6) is 0. The second-order valence-corrected chi connectivity index (χ2v) is 6.34. The summed E-state index contributed by atoms with van der Waals surface area (Å²) in [6.07, 6.45) is 8.20. The van der Waals surface area contributed by atoms with Crippen molar-refractivity contribution in [3.8, 4) is 0 Å². The van der Waals surface area contributed by atoms with E-state index in [9.17, 15) is 0 Å². The molecule has 1 unspecified atom stereocenters. The maximum atomic E-state index is 5.62. The van der Waals surface area contributed by atoms with Gasteiger partial charge in [-0.3, -0.25) is 0 Å². The Morgan fingerprint density at radius 1 is 1.35 bits per heavy atom. The summed E-state index contributed by atoms with van der Waals surface area (Å²) in [6.45, 7) is 3.11. The van der Waals surface area contributed by atoms with E-state index in [4.69, 9.17) is 4.74 Å². The Morgan fingerprint density at radius 3 is 3.18 bits per heavy atom. The van der Waals surface area contributed by atoms with Gasteiger partial charge in [0.05, 0.1) is 6.10 Å². The first kappa shape index (κ1) is 11.7. The number of hydrogen-bond acceptors (Lipinski definition) is 3. The maximum Gasteiger partial charge on any atom is 0.0588 e. The lowest BCUT2D eigenvalue weighted by molar-refractivity contribution is 0.104. The third kappa shape index (κ3) is 2.90. The Hall–Kier alpha value is -0.380. The first-order chi connectivity index (χ1) is 8.42. The van der Waals surface area contributed by atoms with Crippen LogP contribution >= 0.6 is 11.3 Å². The van der Waals surface area contributed by atoms with Crippen LogP contribution in [-0.4, -0.2) is 19.3 Å². The molecule has 0 spiro atoms. The van der Waals surface area contributed by atoms with Gasteiger partial charge in [0.2, 0.25) is 0 Å². The van der Waals surface area contributed by atoms with Gasteiger partial charge in [0, 0.05) is 22.9 Å². The highest BCUT2D eigenvalue weighted by molar-refractivity contribution is 7.12. The number of thiophene rings is 1. The molecule has 2 heterocycles. The van der Waals surface area contributed by atoms with Gasteiger partial charge >= 0.3 is 0 Å². The molecule has 0 bridgehead atoms. The van der Waals surface area contributed by atoms with Crippen LogP contribution in [0, 0.1) is 0 Å². The fraction of sp³-hybridized carbons (Fsp3) is 0.714. The van der Waals surface area contributed by atoms with E-state index in [0.717, 1.165) is 19.7 Å². The number of fused-ring (bicyclic) bond motifs is 1. The van der Waals surface area contributed by atoms with E-state index < -0.39 is 0 Å². The fourth-order valence-electron chi connectivity index (χ4n) is 2.82. The van der Waals surface area contributed by atoms with E-state index in [1.807, 2.05) is 11.3 Å². The maximum absolute atomic E-state index is 5.62. The third-order valence-electron chi connectivity index (χ3n) is 3.76. The van der Waals surface area contributed by atoms with Crippen molar-refractivity contribution >= 4 is 11.3 Å². The van der Waals surface area contributed by atoms with Crippen molar-refractivity contribution in [1.29, 1.82) is 0 Å². The summed E-state index contributed by atoms with van der Waals surface area (Å²) in [6, 6.07) is 2.41. The zero-order valence-electron chi connectivity index (χ0n) is 10.3. The number of ether oxygens (including phenoxy) is 1. The van der Waals surface area contributed by atoms with Gasteiger partial charge in [-0.15, -0.1) is 11.3 Å². The van der Waals surface area contributed by atoms with E-state index in [2.05, 4.69) is 11.4 Å². The van der Waals surface area contributed by atoms with Gasteiger partial charge in [-0.25, -0.2) is 0 Å². The molecule has 0 aromatic carbocycles. The van der Waals surface area contributed by atoms with Crippen LogP contribution in [0.2, 0.25) is 0 Å². The Bertz CT molecular complexity index is 347. The molecule has 1 N–H and O–H groups in total. The van der Waals surface area contributed by atoms with Crippen LogP contribution < -0.4 is 5.32 Å². The zero-order valence-corrected chi connectivity index (χ0v) is 11.2. The number of rotatable bonds is 5. The molecule has 1 atom stereocenters. The standard InChI is InChI=1S/C14H21NOS/c1-3-11-9-13(17-14(11)5-1)10-15-7-6-12-4-2-8-16-12/h9,12,15H,1-8,10H2. The predicted octanol–water partition coefficient (Wildman–Crippen LogP) is 2.90. The van der Waals surface area contributed by atoms with Crippen molar-refractivity contribution in [2.45, 2.75) is 51.2 Å². The molecule has 3 rings (SSSR count). The average molecular weight is 251 g/mol. The SMILES string of the molecule is c1c(CNCCC2CCCO2)sc2c1CCC2. The lowest BCUT2D eigenvalue weighted by Crippen LogP contribution is -2.19. The molecule has 1 saturated heterocycles. The molecule has 1 aliphatic carbocycles. The summed E-state index contributed by atoms with van der Waals surface area (Å²) in [4.78, 5) is 3.16. The van der Waals surface area contributed by atoms with Crippen LogP contribution in [-0.2, 0) is 24.1 Å². The van der Waals surface area contributed by atoms with Crippen LogP contribution in [0.3, 0.4) is 0 Å². The molecular formula is C14H21NOS. The molecule has 0 saturated carbocycles. The van der Waals surface area contributed by atoms with Crippen molar-refractivity contribution in [2.24, 2.45) is 0 Å². The molecule has 1 aromatic heterocycles. The third-order valence-corrected chi connectivity index (χ3v) is 5.00. The van der Waals surface area contributed by atoms with Gasteiger partial charge in [0.1, 0.15) is 0 Å². The van der Waals surface area contributed by atoms with Crippen molar-refractivity contribution < 1.29 is 4.74 Å². The molecule has 0 amide bonds. The van der Waals surface area contributed by atoms with Crippen LogP contribution in [0.25, 0.3) is 0 Å². The Balaban J connectivity index is 1.38. The quantitative estimate of drug-likeness (QED) is 0.813.